The summed E-state index contributed by atoms with van der Waals surface area (Å²) >= 11 is 0. The van der Waals surface area contributed by atoms with E-state index < -0.39 is 0 Å². The van der Waals surface area contributed by atoms with Crippen LogP contribution in [-0.2, 0) is 0 Å². The second-order valence-electron chi connectivity index (χ2n) is 5.37. The summed E-state index contributed by atoms with van der Waals surface area (Å²) in [6.07, 6.45) is 2.44. The third-order valence-corrected chi connectivity index (χ3v) is 3.74. The number of nitrogens with one attached hydrogen (secondary N) is 1. The van der Waals surface area contributed by atoms with Gasteiger partial charge in [-0.3, -0.25) is 0 Å². The van der Waals surface area contributed by atoms with Gasteiger partial charge in [-0.05, 0) is 46.8 Å². The molecular formula is C13H30N2. The van der Waals surface area contributed by atoms with E-state index in [1.54, 1.807) is 0 Å². The highest BCUT2D eigenvalue weighted by Crippen LogP contribution is 2.23. The van der Waals surface area contributed by atoms with Crippen LogP contribution in [0.3, 0.4) is 0 Å². The third kappa shape index (κ3) is 4.12. The lowest BCUT2D eigenvalue weighted by Gasteiger charge is -2.43. The van der Waals surface area contributed by atoms with Gasteiger partial charge in [-0.2, -0.15) is 0 Å². The molecule has 0 bridgehead atoms. The van der Waals surface area contributed by atoms with Gasteiger partial charge < -0.3 is 10.2 Å². The fourth-order valence-electron chi connectivity index (χ4n) is 1.96. The molecule has 0 amide bonds. The predicted octanol–water partition coefficient (Wildman–Crippen LogP) is 2.74. The zero-order valence-electron chi connectivity index (χ0n) is 11.7. The SMILES string of the molecule is CCCNC(C(C)CC)C(C)(C)N(C)C. The van der Waals surface area contributed by atoms with Crippen LogP contribution in [0.2, 0.25) is 0 Å². The number of likely N-dealkylation sites (N-methyl/N-ethyl adjacent to an activating group) is 1. The van der Waals surface area contributed by atoms with Crippen molar-refractivity contribution in [2.24, 2.45) is 5.92 Å². The molecule has 2 unspecified atom stereocenters. The molecule has 0 saturated heterocycles. The predicted molar refractivity (Wildman–Crippen MR) is 69.3 cm³/mol. The van der Waals surface area contributed by atoms with Crippen molar-refractivity contribution in [2.45, 2.75) is 59.0 Å². The Morgan fingerprint density at radius 3 is 2.07 bits per heavy atom. The average molecular weight is 214 g/mol. The topological polar surface area (TPSA) is 15.3 Å². The molecule has 0 radical (unpaired) electrons. The number of hydrogen-bond donors (Lipinski definition) is 1. The second-order valence-corrected chi connectivity index (χ2v) is 5.37. The molecule has 2 heteroatoms. The largest absolute Gasteiger partial charge is 0.312 e. The Morgan fingerprint density at radius 1 is 1.20 bits per heavy atom. The molecule has 2 nitrogen and oxygen atoms in total. The minimum absolute atomic E-state index is 0.213. The molecule has 1 N–H and O–H groups in total. The van der Waals surface area contributed by atoms with Gasteiger partial charge in [-0.25, -0.2) is 0 Å². The Labute approximate surface area is 96.4 Å². The van der Waals surface area contributed by atoms with Gasteiger partial charge in [0, 0.05) is 11.6 Å². The Balaban J connectivity index is 4.60. The number of rotatable bonds is 7. The Hall–Kier alpha value is -0.0800. The lowest BCUT2D eigenvalue weighted by atomic mass is 9.83. The summed E-state index contributed by atoms with van der Waals surface area (Å²) < 4.78 is 0. The first-order valence-electron chi connectivity index (χ1n) is 6.28. The van der Waals surface area contributed by atoms with Gasteiger partial charge in [0.25, 0.3) is 0 Å². The summed E-state index contributed by atoms with van der Waals surface area (Å²) in [7, 11) is 4.34. The van der Waals surface area contributed by atoms with Gasteiger partial charge in [0.15, 0.2) is 0 Å². The molecule has 0 heterocycles. The second kappa shape index (κ2) is 6.49. The van der Waals surface area contributed by atoms with Crippen molar-refractivity contribution in [3.05, 3.63) is 0 Å². The van der Waals surface area contributed by atoms with E-state index in [0.29, 0.717) is 12.0 Å². The van der Waals surface area contributed by atoms with Crippen molar-refractivity contribution in [1.82, 2.24) is 10.2 Å². The maximum absolute atomic E-state index is 3.70. The quantitative estimate of drug-likeness (QED) is 0.701. The van der Waals surface area contributed by atoms with Gasteiger partial charge in [0.05, 0.1) is 0 Å². The van der Waals surface area contributed by atoms with Crippen LogP contribution in [0.5, 0.6) is 0 Å². The summed E-state index contributed by atoms with van der Waals surface area (Å²) in [6.45, 7) is 12.6. The van der Waals surface area contributed by atoms with Crippen molar-refractivity contribution in [3.8, 4) is 0 Å². The molecule has 0 saturated carbocycles. The summed E-state index contributed by atoms with van der Waals surface area (Å²) in [5.41, 5.74) is 0.213. The van der Waals surface area contributed by atoms with Crippen molar-refractivity contribution in [2.75, 3.05) is 20.6 Å². The van der Waals surface area contributed by atoms with Gasteiger partial charge in [-0.1, -0.05) is 27.2 Å². The zero-order chi connectivity index (χ0) is 12.1. The fraction of sp³-hybridized carbons (Fsp3) is 1.00. The molecule has 0 aromatic heterocycles. The standard InChI is InChI=1S/C13H30N2/c1-8-10-14-12(11(3)9-2)13(4,5)15(6)7/h11-12,14H,8-10H2,1-7H3. The van der Waals surface area contributed by atoms with E-state index in [4.69, 9.17) is 0 Å². The van der Waals surface area contributed by atoms with E-state index in [0.717, 1.165) is 6.54 Å². The highest BCUT2D eigenvalue weighted by molar-refractivity contribution is 4.93. The van der Waals surface area contributed by atoms with Crippen LogP contribution in [-0.4, -0.2) is 37.1 Å². The van der Waals surface area contributed by atoms with Crippen molar-refractivity contribution in [1.29, 1.82) is 0 Å². The molecule has 0 aliphatic heterocycles. The first kappa shape index (κ1) is 14.9. The molecule has 0 fully saturated rings. The normalized spacial score (nSPS) is 16.8. The lowest BCUT2D eigenvalue weighted by molar-refractivity contribution is 0.105. The van der Waals surface area contributed by atoms with E-state index in [2.05, 4.69) is 58.9 Å². The molecule has 0 spiro atoms. The zero-order valence-corrected chi connectivity index (χ0v) is 11.7. The van der Waals surface area contributed by atoms with Crippen molar-refractivity contribution >= 4 is 0 Å². The minimum Gasteiger partial charge on any atom is -0.312 e. The number of nitrogens with zero attached hydrogens (tertiary/aromatic N) is 1. The van der Waals surface area contributed by atoms with Crippen LogP contribution < -0.4 is 5.32 Å². The van der Waals surface area contributed by atoms with E-state index in [9.17, 15) is 0 Å². The molecule has 0 aliphatic carbocycles. The molecule has 0 aromatic rings. The van der Waals surface area contributed by atoms with Gasteiger partial charge >= 0.3 is 0 Å². The summed E-state index contributed by atoms with van der Waals surface area (Å²) in [5.74, 6) is 0.717. The first-order valence-corrected chi connectivity index (χ1v) is 6.28. The Kier molecular flexibility index (Phi) is 6.46. The van der Waals surface area contributed by atoms with E-state index >= 15 is 0 Å². The van der Waals surface area contributed by atoms with Crippen LogP contribution in [0.4, 0.5) is 0 Å². The molecule has 2 atom stereocenters. The maximum Gasteiger partial charge on any atom is 0.0302 e. The molecule has 92 valence electrons. The van der Waals surface area contributed by atoms with Gasteiger partial charge in [0.1, 0.15) is 0 Å². The smallest absolute Gasteiger partial charge is 0.0302 e. The maximum atomic E-state index is 3.70. The molecule has 15 heavy (non-hydrogen) atoms. The molecule has 0 aromatic carbocycles. The van der Waals surface area contributed by atoms with Gasteiger partial charge in [-0.15, -0.1) is 0 Å². The Morgan fingerprint density at radius 2 is 1.73 bits per heavy atom. The minimum atomic E-state index is 0.213. The average Bonchev–Trinajstić information content (AvgIpc) is 2.17. The highest BCUT2D eigenvalue weighted by atomic mass is 15.2. The third-order valence-electron chi connectivity index (χ3n) is 3.74. The van der Waals surface area contributed by atoms with E-state index in [1.807, 2.05) is 0 Å². The van der Waals surface area contributed by atoms with Crippen LogP contribution in [0.25, 0.3) is 0 Å². The number of hydrogen-bond acceptors (Lipinski definition) is 2. The first-order chi connectivity index (χ1) is 6.87. The molecule has 0 aliphatic rings. The summed E-state index contributed by atoms with van der Waals surface area (Å²) in [4.78, 5) is 2.33. The van der Waals surface area contributed by atoms with Crippen molar-refractivity contribution < 1.29 is 0 Å². The molecule has 0 rings (SSSR count). The summed E-state index contributed by atoms with van der Waals surface area (Å²) in [6, 6.07) is 0.567. The van der Waals surface area contributed by atoms with E-state index in [1.165, 1.54) is 12.8 Å². The Bertz CT molecular complexity index is 164. The fourth-order valence-corrected chi connectivity index (χ4v) is 1.96. The van der Waals surface area contributed by atoms with Crippen LogP contribution in [0.15, 0.2) is 0 Å². The van der Waals surface area contributed by atoms with Gasteiger partial charge in [0.2, 0.25) is 0 Å². The van der Waals surface area contributed by atoms with Crippen molar-refractivity contribution in [3.63, 3.8) is 0 Å². The van der Waals surface area contributed by atoms with Crippen LogP contribution in [0.1, 0.15) is 47.5 Å². The monoisotopic (exact) mass is 214 g/mol. The highest BCUT2D eigenvalue weighted by Gasteiger charge is 2.33. The summed E-state index contributed by atoms with van der Waals surface area (Å²) in [5, 5.41) is 3.70. The van der Waals surface area contributed by atoms with Crippen LogP contribution >= 0.6 is 0 Å². The van der Waals surface area contributed by atoms with E-state index in [-0.39, 0.29) is 5.54 Å². The lowest BCUT2D eigenvalue weighted by Crippen LogP contribution is -2.58. The van der Waals surface area contributed by atoms with Crippen LogP contribution in [0, 0.1) is 5.92 Å². The molecular weight excluding hydrogens is 184 g/mol.